The Balaban J connectivity index is 3.55. The first-order chi connectivity index (χ1) is 4.66. The van der Waals surface area contributed by atoms with E-state index in [-0.39, 0.29) is 5.78 Å². The van der Waals surface area contributed by atoms with Crippen LogP contribution in [0, 0.1) is 5.92 Å². The van der Waals surface area contributed by atoms with Crippen molar-refractivity contribution in [2.75, 3.05) is 13.7 Å². The van der Waals surface area contributed by atoms with Gasteiger partial charge in [0.1, 0.15) is 0 Å². The topological polar surface area (TPSA) is 26.3 Å². The molecule has 0 aliphatic heterocycles. The largest absolute Gasteiger partial charge is 0.384 e. The van der Waals surface area contributed by atoms with Crippen LogP contribution in [-0.4, -0.2) is 19.5 Å². The Hall–Kier alpha value is -0.630. The molecular weight excluding hydrogens is 128 g/mol. The minimum Gasteiger partial charge on any atom is -0.384 e. The van der Waals surface area contributed by atoms with Crippen LogP contribution in [0.1, 0.15) is 13.8 Å². The van der Waals surface area contributed by atoms with Gasteiger partial charge in [0.2, 0.25) is 0 Å². The molecule has 0 aliphatic rings. The number of carbonyl (C=O) groups is 1. The lowest BCUT2D eigenvalue weighted by Gasteiger charge is -2.01. The molecule has 0 aromatic carbocycles. The predicted molar refractivity (Wildman–Crippen MR) is 40.9 cm³/mol. The SMILES string of the molecule is COCC(C)/C=C/C(C)=O. The van der Waals surface area contributed by atoms with Crippen molar-refractivity contribution in [2.45, 2.75) is 13.8 Å². The molecule has 2 nitrogen and oxygen atoms in total. The van der Waals surface area contributed by atoms with Crippen molar-refractivity contribution in [3.63, 3.8) is 0 Å². The highest BCUT2D eigenvalue weighted by atomic mass is 16.5. The quantitative estimate of drug-likeness (QED) is 0.555. The zero-order valence-corrected chi connectivity index (χ0v) is 6.76. The molecule has 1 atom stereocenters. The van der Waals surface area contributed by atoms with Crippen molar-refractivity contribution in [1.29, 1.82) is 0 Å². The van der Waals surface area contributed by atoms with Gasteiger partial charge in [0.25, 0.3) is 0 Å². The summed E-state index contributed by atoms with van der Waals surface area (Å²) in [5, 5.41) is 0. The standard InChI is InChI=1S/C8H14O2/c1-7(6-10-3)4-5-8(2)9/h4-5,7H,6H2,1-3H3/b5-4+. The lowest BCUT2D eigenvalue weighted by Crippen LogP contribution is -1.99. The van der Waals surface area contributed by atoms with E-state index in [0.29, 0.717) is 12.5 Å². The number of ketones is 1. The molecule has 0 fully saturated rings. The summed E-state index contributed by atoms with van der Waals surface area (Å²) in [7, 11) is 1.65. The van der Waals surface area contributed by atoms with Gasteiger partial charge in [0.05, 0.1) is 6.61 Å². The molecule has 0 aliphatic carbocycles. The van der Waals surface area contributed by atoms with Gasteiger partial charge in [0, 0.05) is 7.11 Å². The van der Waals surface area contributed by atoms with Crippen LogP contribution in [0.2, 0.25) is 0 Å². The highest BCUT2D eigenvalue weighted by Gasteiger charge is 1.93. The van der Waals surface area contributed by atoms with E-state index in [9.17, 15) is 4.79 Å². The zero-order chi connectivity index (χ0) is 7.98. The van der Waals surface area contributed by atoms with Crippen LogP contribution < -0.4 is 0 Å². The number of ether oxygens (including phenoxy) is 1. The second-order valence-electron chi connectivity index (χ2n) is 2.40. The maximum atomic E-state index is 10.4. The molecule has 0 radical (unpaired) electrons. The maximum Gasteiger partial charge on any atom is 0.152 e. The van der Waals surface area contributed by atoms with Crippen molar-refractivity contribution in [3.05, 3.63) is 12.2 Å². The molecule has 0 heterocycles. The van der Waals surface area contributed by atoms with E-state index in [1.807, 2.05) is 13.0 Å². The fourth-order valence-electron chi connectivity index (χ4n) is 0.618. The van der Waals surface area contributed by atoms with Crippen molar-refractivity contribution < 1.29 is 9.53 Å². The minimum absolute atomic E-state index is 0.0861. The summed E-state index contributed by atoms with van der Waals surface area (Å²) >= 11 is 0. The number of allylic oxidation sites excluding steroid dienone is 1. The maximum absolute atomic E-state index is 10.4. The average Bonchev–Trinajstić information content (AvgIpc) is 1.85. The van der Waals surface area contributed by atoms with Gasteiger partial charge in [-0.3, -0.25) is 4.79 Å². The van der Waals surface area contributed by atoms with Crippen LogP contribution in [0.25, 0.3) is 0 Å². The second kappa shape index (κ2) is 5.18. The first kappa shape index (κ1) is 9.37. The van der Waals surface area contributed by atoms with Gasteiger partial charge in [0.15, 0.2) is 5.78 Å². The van der Waals surface area contributed by atoms with Gasteiger partial charge in [-0.15, -0.1) is 0 Å². The molecule has 58 valence electrons. The first-order valence-corrected chi connectivity index (χ1v) is 3.34. The third-order valence-corrected chi connectivity index (χ3v) is 1.09. The fraction of sp³-hybridized carbons (Fsp3) is 0.625. The number of rotatable bonds is 4. The van der Waals surface area contributed by atoms with Crippen molar-refractivity contribution in [1.82, 2.24) is 0 Å². The van der Waals surface area contributed by atoms with Crippen LogP contribution >= 0.6 is 0 Å². The van der Waals surface area contributed by atoms with Crippen molar-refractivity contribution in [3.8, 4) is 0 Å². The van der Waals surface area contributed by atoms with Gasteiger partial charge in [-0.1, -0.05) is 13.0 Å². The van der Waals surface area contributed by atoms with Crippen LogP contribution in [0.5, 0.6) is 0 Å². The molecule has 0 bridgehead atoms. The Morgan fingerprint density at radius 1 is 1.70 bits per heavy atom. The van der Waals surface area contributed by atoms with Gasteiger partial charge in [-0.2, -0.15) is 0 Å². The number of hydrogen-bond donors (Lipinski definition) is 0. The molecule has 0 aromatic heterocycles. The molecule has 1 unspecified atom stereocenters. The Bertz CT molecular complexity index is 127. The normalized spacial score (nSPS) is 13.9. The third kappa shape index (κ3) is 5.51. The summed E-state index contributed by atoms with van der Waals surface area (Å²) in [6.45, 7) is 4.21. The molecule has 0 saturated heterocycles. The molecule has 0 aromatic rings. The van der Waals surface area contributed by atoms with E-state index in [0.717, 1.165) is 0 Å². The van der Waals surface area contributed by atoms with Crippen molar-refractivity contribution >= 4 is 5.78 Å². The number of carbonyl (C=O) groups excluding carboxylic acids is 1. The lowest BCUT2D eigenvalue weighted by molar-refractivity contribution is -0.112. The predicted octanol–water partition coefficient (Wildman–Crippen LogP) is 1.41. The Morgan fingerprint density at radius 2 is 2.30 bits per heavy atom. The summed E-state index contributed by atoms with van der Waals surface area (Å²) < 4.78 is 4.87. The summed E-state index contributed by atoms with van der Waals surface area (Å²) in [5.41, 5.74) is 0. The lowest BCUT2D eigenvalue weighted by atomic mass is 10.2. The fourth-order valence-corrected chi connectivity index (χ4v) is 0.618. The monoisotopic (exact) mass is 142 g/mol. The van der Waals surface area contributed by atoms with E-state index in [1.54, 1.807) is 13.2 Å². The van der Waals surface area contributed by atoms with E-state index < -0.39 is 0 Å². The Labute approximate surface area is 61.9 Å². The van der Waals surface area contributed by atoms with E-state index in [2.05, 4.69) is 0 Å². The first-order valence-electron chi connectivity index (χ1n) is 3.34. The van der Waals surface area contributed by atoms with Crippen molar-refractivity contribution in [2.24, 2.45) is 5.92 Å². The highest BCUT2D eigenvalue weighted by molar-refractivity contribution is 5.87. The molecule has 0 amide bonds. The summed E-state index contributed by atoms with van der Waals surface area (Å²) in [6.07, 6.45) is 3.43. The van der Waals surface area contributed by atoms with Gasteiger partial charge >= 0.3 is 0 Å². The molecular formula is C8H14O2. The van der Waals surface area contributed by atoms with Gasteiger partial charge < -0.3 is 4.74 Å². The third-order valence-electron chi connectivity index (χ3n) is 1.09. The average molecular weight is 142 g/mol. The zero-order valence-electron chi connectivity index (χ0n) is 6.76. The Morgan fingerprint density at radius 3 is 2.70 bits per heavy atom. The molecule has 2 heteroatoms. The summed E-state index contributed by atoms with van der Waals surface area (Å²) in [4.78, 5) is 10.4. The number of methoxy groups -OCH3 is 1. The van der Waals surface area contributed by atoms with E-state index in [4.69, 9.17) is 4.74 Å². The summed E-state index contributed by atoms with van der Waals surface area (Å²) in [6, 6.07) is 0. The molecule has 0 N–H and O–H groups in total. The van der Waals surface area contributed by atoms with Crippen LogP contribution in [0.15, 0.2) is 12.2 Å². The van der Waals surface area contributed by atoms with Gasteiger partial charge in [-0.05, 0) is 18.9 Å². The number of hydrogen-bond acceptors (Lipinski definition) is 2. The molecule has 0 spiro atoms. The van der Waals surface area contributed by atoms with Crippen LogP contribution in [-0.2, 0) is 9.53 Å². The molecule has 0 saturated carbocycles. The molecule has 0 rings (SSSR count). The minimum atomic E-state index is 0.0861. The van der Waals surface area contributed by atoms with Gasteiger partial charge in [-0.25, -0.2) is 0 Å². The molecule has 10 heavy (non-hydrogen) atoms. The smallest absolute Gasteiger partial charge is 0.152 e. The van der Waals surface area contributed by atoms with Crippen LogP contribution in [0.4, 0.5) is 0 Å². The Kier molecular flexibility index (Phi) is 4.85. The summed E-state index contributed by atoms with van der Waals surface area (Å²) in [5.74, 6) is 0.414. The van der Waals surface area contributed by atoms with E-state index >= 15 is 0 Å². The highest BCUT2D eigenvalue weighted by Crippen LogP contribution is 1.96. The van der Waals surface area contributed by atoms with E-state index in [1.165, 1.54) is 6.92 Å². The van der Waals surface area contributed by atoms with Crippen LogP contribution in [0.3, 0.4) is 0 Å². The second-order valence-corrected chi connectivity index (χ2v) is 2.40.